The zero-order chi connectivity index (χ0) is 27.7. The fourth-order valence-corrected chi connectivity index (χ4v) is 8.11. The van der Waals surface area contributed by atoms with Crippen molar-refractivity contribution in [3.63, 3.8) is 0 Å². The Balaban J connectivity index is 1.36. The molecular weight excluding hydrogens is 499 g/mol. The second kappa shape index (κ2) is 7.67. The van der Waals surface area contributed by atoms with E-state index in [9.17, 15) is 0 Å². The van der Waals surface area contributed by atoms with Gasteiger partial charge in [-0.05, 0) is 106 Å². The monoisotopic (exact) mass is 530 g/mol. The quantitative estimate of drug-likeness (QED) is 0.201. The Hall–Kier alpha value is -3.92. The molecule has 0 N–H and O–H groups in total. The molecule has 0 radical (unpaired) electrons. The SMILES string of the molecule is CC1(C)OB(c2cccc3c2-c2ccccc2C32c3ccccc3-c3c2ccc2c3Cc3ccccc3-2)OC1(C)C. The summed E-state index contributed by atoms with van der Waals surface area (Å²) in [6.07, 6.45) is 0.974. The molecule has 41 heavy (non-hydrogen) atoms. The van der Waals surface area contributed by atoms with E-state index in [0.29, 0.717) is 0 Å². The first-order chi connectivity index (χ1) is 19.8. The molecule has 1 fully saturated rings. The summed E-state index contributed by atoms with van der Waals surface area (Å²) < 4.78 is 13.3. The molecule has 0 bridgehead atoms. The zero-order valence-electron chi connectivity index (χ0n) is 23.9. The molecule has 0 saturated carbocycles. The molecule has 4 aliphatic rings. The standard InChI is InChI=1S/C38H31BO2/c1-36(2)37(3,4)41-39(40-36)33-19-11-18-31-35(33)27-15-8-10-17-30(27)38(31)29-16-9-7-14-26(29)34-28-22-23-12-5-6-13-24(23)25(28)20-21-32(34)38/h5-21H,22H2,1-4H3. The molecule has 3 aliphatic carbocycles. The van der Waals surface area contributed by atoms with Gasteiger partial charge in [0.25, 0.3) is 0 Å². The summed E-state index contributed by atoms with van der Waals surface area (Å²) >= 11 is 0. The second-order valence-electron chi connectivity index (χ2n) is 13.0. The lowest BCUT2D eigenvalue weighted by molar-refractivity contribution is 0.00578. The highest BCUT2D eigenvalue weighted by molar-refractivity contribution is 6.64. The molecule has 1 spiro atoms. The number of hydrogen-bond donors (Lipinski definition) is 0. The van der Waals surface area contributed by atoms with Crippen molar-refractivity contribution < 1.29 is 9.31 Å². The van der Waals surface area contributed by atoms with Gasteiger partial charge in [-0.25, -0.2) is 0 Å². The lowest BCUT2D eigenvalue weighted by Crippen LogP contribution is -2.41. The maximum absolute atomic E-state index is 6.65. The fraction of sp³-hybridized carbons (Fsp3) is 0.211. The molecule has 2 nitrogen and oxygen atoms in total. The average molecular weight is 530 g/mol. The summed E-state index contributed by atoms with van der Waals surface area (Å²) in [6.45, 7) is 8.53. The molecule has 1 heterocycles. The first kappa shape index (κ1) is 23.8. The number of rotatable bonds is 1. The molecule has 3 heteroatoms. The third-order valence-electron chi connectivity index (χ3n) is 10.6. The fourth-order valence-electron chi connectivity index (χ4n) is 8.11. The van der Waals surface area contributed by atoms with Crippen molar-refractivity contribution >= 4 is 12.6 Å². The van der Waals surface area contributed by atoms with E-state index in [1.807, 2.05) is 0 Å². The zero-order valence-corrected chi connectivity index (χ0v) is 23.9. The van der Waals surface area contributed by atoms with Crippen LogP contribution in [-0.2, 0) is 21.1 Å². The van der Waals surface area contributed by atoms with E-state index in [1.165, 1.54) is 66.8 Å². The van der Waals surface area contributed by atoms with Gasteiger partial charge in [-0.1, -0.05) is 103 Å². The minimum atomic E-state index is -0.427. The molecule has 9 rings (SSSR count). The van der Waals surface area contributed by atoms with Gasteiger partial charge in [0.05, 0.1) is 16.6 Å². The van der Waals surface area contributed by atoms with E-state index >= 15 is 0 Å². The van der Waals surface area contributed by atoms with Crippen molar-refractivity contribution in [2.45, 2.75) is 50.7 Å². The van der Waals surface area contributed by atoms with Crippen LogP contribution in [-0.4, -0.2) is 18.3 Å². The summed E-state index contributed by atoms with van der Waals surface area (Å²) in [5.74, 6) is 0. The van der Waals surface area contributed by atoms with Crippen LogP contribution >= 0.6 is 0 Å². The largest absolute Gasteiger partial charge is 0.495 e. The highest BCUT2D eigenvalue weighted by atomic mass is 16.7. The van der Waals surface area contributed by atoms with E-state index < -0.39 is 18.3 Å². The predicted molar refractivity (Wildman–Crippen MR) is 167 cm³/mol. The maximum Gasteiger partial charge on any atom is 0.495 e. The second-order valence-corrected chi connectivity index (χ2v) is 13.0. The van der Waals surface area contributed by atoms with Crippen LogP contribution in [0.1, 0.15) is 61.1 Å². The van der Waals surface area contributed by atoms with E-state index in [0.717, 1.165) is 11.9 Å². The van der Waals surface area contributed by atoms with Gasteiger partial charge in [-0.2, -0.15) is 0 Å². The number of fused-ring (bicyclic) bond motifs is 14. The summed E-state index contributed by atoms with van der Waals surface area (Å²) in [6, 6.07) is 38.6. The highest BCUT2D eigenvalue weighted by Gasteiger charge is 2.56. The lowest BCUT2D eigenvalue weighted by atomic mass is 9.68. The molecule has 1 unspecified atom stereocenters. The summed E-state index contributed by atoms with van der Waals surface area (Å²) in [7, 11) is -0.427. The Bertz CT molecular complexity index is 1930. The van der Waals surface area contributed by atoms with Crippen LogP contribution in [0.2, 0.25) is 0 Å². The number of hydrogen-bond acceptors (Lipinski definition) is 2. The van der Waals surface area contributed by atoms with Crippen LogP contribution in [0.3, 0.4) is 0 Å². The van der Waals surface area contributed by atoms with Crippen molar-refractivity contribution in [2.75, 3.05) is 0 Å². The first-order valence-electron chi connectivity index (χ1n) is 14.8. The molecule has 0 amide bonds. The minimum Gasteiger partial charge on any atom is -0.399 e. The van der Waals surface area contributed by atoms with Gasteiger partial charge in [0.1, 0.15) is 0 Å². The third kappa shape index (κ3) is 2.77. The van der Waals surface area contributed by atoms with Crippen molar-refractivity contribution in [1.82, 2.24) is 0 Å². The molecule has 5 aromatic rings. The van der Waals surface area contributed by atoms with Gasteiger partial charge >= 0.3 is 7.12 Å². The normalized spacial score (nSPS) is 21.3. The summed E-state index contributed by atoms with van der Waals surface area (Å²) in [4.78, 5) is 0. The van der Waals surface area contributed by atoms with Gasteiger partial charge < -0.3 is 9.31 Å². The maximum atomic E-state index is 6.65. The molecular formula is C38H31BO2. The molecule has 1 aliphatic heterocycles. The lowest BCUT2D eigenvalue weighted by Gasteiger charge is -2.32. The van der Waals surface area contributed by atoms with Crippen LogP contribution < -0.4 is 5.46 Å². The predicted octanol–water partition coefficient (Wildman–Crippen LogP) is 7.90. The van der Waals surface area contributed by atoms with Crippen LogP contribution in [0.25, 0.3) is 33.4 Å². The number of benzene rings is 5. The summed E-state index contributed by atoms with van der Waals surface area (Å²) in [5.41, 5.74) is 16.3. The molecule has 1 atom stereocenters. The van der Waals surface area contributed by atoms with Crippen molar-refractivity contribution in [3.8, 4) is 33.4 Å². The third-order valence-corrected chi connectivity index (χ3v) is 10.6. The average Bonchev–Trinajstić information content (AvgIpc) is 3.65. The van der Waals surface area contributed by atoms with Gasteiger partial charge in [0.15, 0.2) is 0 Å². The Labute approximate surface area is 242 Å². The Morgan fingerprint density at radius 2 is 1.07 bits per heavy atom. The van der Waals surface area contributed by atoms with E-state index in [-0.39, 0.29) is 5.41 Å². The van der Waals surface area contributed by atoms with Crippen LogP contribution in [0.5, 0.6) is 0 Å². The molecule has 1 saturated heterocycles. The molecule has 198 valence electrons. The van der Waals surface area contributed by atoms with E-state index in [1.54, 1.807) is 0 Å². The Kier molecular flexibility index (Phi) is 4.45. The van der Waals surface area contributed by atoms with Gasteiger partial charge in [-0.15, -0.1) is 0 Å². The van der Waals surface area contributed by atoms with E-state index in [2.05, 4.69) is 131 Å². The van der Waals surface area contributed by atoms with Gasteiger partial charge in [0.2, 0.25) is 0 Å². The minimum absolute atomic E-state index is 0.388. The topological polar surface area (TPSA) is 18.5 Å². The van der Waals surface area contributed by atoms with Crippen molar-refractivity contribution in [3.05, 3.63) is 137 Å². The van der Waals surface area contributed by atoms with Crippen LogP contribution in [0.4, 0.5) is 0 Å². The Morgan fingerprint density at radius 3 is 1.78 bits per heavy atom. The van der Waals surface area contributed by atoms with Crippen LogP contribution in [0.15, 0.2) is 103 Å². The van der Waals surface area contributed by atoms with Crippen LogP contribution in [0, 0.1) is 0 Å². The van der Waals surface area contributed by atoms with E-state index in [4.69, 9.17) is 9.31 Å². The highest BCUT2D eigenvalue weighted by Crippen LogP contribution is 2.64. The molecule has 0 aromatic heterocycles. The van der Waals surface area contributed by atoms with Gasteiger partial charge in [0, 0.05) is 0 Å². The van der Waals surface area contributed by atoms with Crippen molar-refractivity contribution in [2.24, 2.45) is 0 Å². The first-order valence-corrected chi connectivity index (χ1v) is 14.8. The molecule has 5 aromatic carbocycles. The van der Waals surface area contributed by atoms with Crippen molar-refractivity contribution in [1.29, 1.82) is 0 Å². The Morgan fingerprint density at radius 1 is 0.512 bits per heavy atom. The van der Waals surface area contributed by atoms with Gasteiger partial charge in [-0.3, -0.25) is 0 Å². The smallest absolute Gasteiger partial charge is 0.399 e. The summed E-state index contributed by atoms with van der Waals surface area (Å²) in [5, 5.41) is 0.